The summed E-state index contributed by atoms with van der Waals surface area (Å²) in [5.41, 5.74) is 0. The van der Waals surface area contributed by atoms with Gasteiger partial charge in [-0.3, -0.25) is 4.79 Å². The van der Waals surface area contributed by atoms with E-state index in [0.29, 0.717) is 0 Å². The Balaban J connectivity index is 1.68. The monoisotopic (exact) mass is 546 g/mol. The highest BCUT2D eigenvalue weighted by atomic mass is 19.2. The van der Waals surface area contributed by atoms with Crippen LogP contribution in [-0.2, 0) is 9.53 Å². The standard InChI is InChI=1S/C22H12F10O5/c23-9-11(25)15(29)19(16(30)12(9)26)36-21(33)7-3-1-2-4-8(6-5-7)35-22(34)37-20-17(31)13(27)10(24)14(28)18(20)32/h2,4,7-8H,1,3,5-6H2/b4-2+/t7-,8+/m1/s1. The number of esters is 1. The van der Waals surface area contributed by atoms with Gasteiger partial charge >= 0.3 is 12.1 Å². The van der Waals surface area contributed by atoms with Gasteiger partial charge in [-0.2, -0.15) is 17.6 Å². The fraction of sp³-hybridized carbons (Fsp3) is 0.273. The average molecular weight is 546 g/mol. The van der Waals surface area contributed by atoms with E-state index in [2.05, 4.69) is 9.47 Å². The Hall–Kier alpha value is -3.78. The summed E-state index contributed by atoms with van der Waals surface area (Å²) in [5, 5.41) is 0. The molecule has 1 aliphatic carbocycles. The Bertz CT molecular complexity index is 1220. The molecule has 0 unspecified atom stereocenters. The van der Waals surface area contributed by atoms with Crippen molar-refractivity contribution >= 4 is 12.1 Å². The molecule has 5 nitrogen and oxygen atoms in total. The van der Waals surface area contributed by atoms with Crippen LogP contribution in [-0.4, -0.2) is 18.2 Å². The van der Waals surface area contributed by atoms with E-state index in [0.717, 1.165) is 0 Å². The quantitative estimate of drug-likeness (QED) is 0.0856. The second kappa shape index (κ2) is 11.1. The lowest BCUT2D eigenvalue weighted by molar-refractivity contribution is -0.140. The zero-order valence-electron chi connectivity index (χ0n) is 18.0. The minimum Gasteiger partial charge on any atom is -0.426 e. The molecule has 0 N–H and O–H groups in total. The summed E-state index contributed by atoms with van der Waals surface area (Å²) in [4.78, 5) is 24.2. The molecule has 0 heterocycles. The van der Waals surface area contributed by atoms with Gasteiger partial charge in [0.25, 0.3) is 0 Å². The number of rotatable bonds is 4. The molecular formula is C22H12F10O5. The average Bonchev–Trinajstić information content (AvgIpc) is 2.86. The first kappa shape index (κ1) is 27.8. The molecule has 0 saturated carbocycles. The van der Waals surface area contributed by atoms with Crippen molar-refractivity contribution < 1.29 is 67.7 Å². The molecule has 2 atom stereocenters. The first-order valence-corrected chi connectivity index (χ1v) is 10.1. The summed E-state index contributed by atoms with van der Waals surface area (Å²) in [5.74, 6) is -30.2. The molecule has 0 bridgehead atoms. The number of halogens is 10. The summed E-state index contributed by atoms with van der Waals surface area (Å²) in [6.45, 7) is 0. The predicted octanol–water partition coefficient (Wildman–Crippen LogP) is 6.31. The predicted molar refractivity (Wildman–Crippen MR) is 100 cm³/mol. The van der Waals surface area contributed by atoms with Crippen molar-refractivity contribution in [2.24, 2.45) is 5.92 Å². The van der Waals surface area contributed by atoms with E-state index >= 15 is 0 Å². The molecule has 1 aliphatic rings. The van der Waals surface area contributed by atoms with Gasteiger partial charge in [0.1, 0.15) is 6.10 Å². The second-order valence-corrected chi connectivity index (χ2v) is 7.51. The largest absolute Gasteiger partial charge is 0.514 e. The maximum absolute atomic E-state index is 13.8. The lowest BCUT2D eigenvalue weighted by Gasteiger charge is -2.21. The van der Waals surface area contributed by atoms with Crippen LogP contribution in [0.4, 0.5) is 48.7 Å². The Morgan fingerprint density at radius 2 is 1.03 bits per heavy atom. The molecule has 0 aliphatic heterocycles. The van der Waals surface area contributed by atoms with Crippen molar-refractivity contribution in [3.8, 4) is 11.5 Å². The third kappa shape index (κ3) is 5.64. The molecule has 0 amide bonds. The number of carbonyl (C=O) groups is 2. The van der Waals surface area contributed by atoms with E-state index in [-0.39, 0.29) is 25.7 Å². The van der Waals surface area contributed by atoms with Gasteiger partial charge in [0.2, 0.25) is 69.7 Å². The van der Waals surface area contributed by atoms with E-state index in [1.165, 1.54) is 12.2 Å². The highest BCUT2D eigenvalue weighted by molar-refractivity contribution is 5.75. The summed E-state index contributed by atoms with van der Waals surface area (Å²) >= 11 is 0. The molecule has 15 heteroatoms. The molecule has 0 fully saturated rings. The van der Waals surface area contributed by atoms with Crippen molar-refractivity contribution in [2.45, 2.75) is 31.8 Å². The van der Waals surface area contributed by atoms with E-state index in [1.54, 1.807) is 0 Å². The van der Waals surface area contributed by atoms with Crippen LogP contribution in [0.5, 0.6) is 11.5 Å². The summed E-state index contributed by atoms with van der Waals surface area (Å²) in [6, 6.07) is 0. The molecule has 3 rings (SSSR count). The molecule has 0 saturated heterocycles. The van der Waals surface area contributed by atoms with Crippen molar-refractivity contribution in [1.82, 2.24) is 0 Å². The third-order valence-corrected chi connectivity index (χ3v) is 5.14. The lowest BCUT2D eigenvalue weighted by Crippen LogP contribution is -2.26. The van der Waals surface area contributed by atoms with Gasteiger partial charge in [0.05, 0.1) is 5.92 Å². The third-order valence-electron chi connectivity index (χ3n) is 5.14. The SMILES string of the molecule is O=C(Oc1c(F)c(F)c(F)c(F)c1F)O[C@H]1/C=C/CC[C@@H](C(=O)Oc2c(F)c(F)c(F)c(F)c2F)CC1. The van der Waals surface area contributed by atoms with Gasteiger partial charge in [-0.05, 0) is 31.8 Å². The number of carbonyl (C=O) groups excluding carboxylic acids is 2. The van der Waals surface area contributed by atoms with E-state index in [9.17, 15) is 53.5 Å². The molecule has 0 aromatic heterocycles. The van der Waals surface area contributed by atoms with E-state index in [1.807, 2.05) is 0 Å². The first-order valence-electron chi connectivity index (χ1n) is 10.1. The van der Waals surface area contributed by atoms with Crippen molar-refractivity contribution in [3.63, 3.8) is 0 Å². The summed E-state index contributed by atoms with van der Waals surface area (Å²) in [7, 11) is 0. The normalized spacial score (nSPS) is 18.5. The maximum Gasteiger partial charge on any atom is 0.514 e. The van der Waals surface area contributed by atoms with Gasteiger partial charge in [0, 0.05) is 0 Å². The molecule has 37 heavy (non-hydrogen) atoms. The Kier molecular flexibility index (Phi) is 8.33. The van der Waals surface area contributed by atoms with Crippen LogP contribution in [0.2, 0.25) is 0 Å². The fourth-order valence-electron chi connectivity index (χ4n) is 3.25. The number of ether oxygens (including phenoxy) is 3. The van der Waals surface area contributed by atoms with Gasteiger partial charge in [-0.25, -0.2) is 31.1 Å². The van der Waals surface area contributed by atoms with Gasteiger partial charge in [-0.1, -0.05) is 6.08 Å². The Morgan fingerprint density at radius 3 is 1.51 bits per heavy atom. The van der Waals surface area contributed by atoms with Crippen molar-refractivity contribution in [3.05, 3.63) is 70.3 Å². The topological polar surface area (TPSA) is 61.8 Å². The summed E-state index contributed by atoms with van der Waals surface area (Å²) < 4.78 is 148. The van der Waals surface area contributed by atoms with E-state index < -0.39 is 93.8 Å². The molecule has 200 valence electrons. The van der Waals surface area contributed by atoms with E-state index in [4.69, 9.17) is 4.74 Å². The highest BCUT2D eigenvalue weighted by Gasteiger charge is 2.32. The van der Waals surface area contributed by atoms with Crippen LogP contribution in [0.1, 0.15) is 25.7 Å². The zero-order valence-corrected chi connectivity index (χ0v) is 18.0. The van der Waals surface area contributed by atoms with Crippen molar-refractivity contribution in [1.29, 1.82) is 0 Å². The lowest BCUT2D eigenvalue weighted by atomic mass is 9.93. The minimum absolute atomic E-state index is 0.0214. The van der Waals surface area contributed by atoms with Crippen LogP contribution < -0.4 is 9.47 Å². The minimum atomic E-state index is -2.48. The van der Waals surface area contributed by atoms with Crippen LogP contribution in [0, 0.1) is 64.1 Å². The number of hydrogen-bond acceptors (Lipinski definition) is 5. The molecule has 0 radical (unpaired) electrons. The maximum atomic E-state index is 13.8. The molecule has 0 spiro atoms. The van der Waals surface area contributed by atoms with Gasteiger partial charge in [-0.15, -0.1) is 0 Å². The van der Waals surface area contributed by atoms with Crippen LogP contribution >= 0.6 is 0 Å². The van der Waals surface area contributed by atoms with Gasteiger partial charge < -0.3 is 14.2 Å². The van der Waals surface area contributed by atoms with Crippen LogP contribution in [0.25, 0.3) is 0 Å². The number of benzene rings is 2. The summed E-state index contributed by atoms with van der Waals surface area (Å²) in [6.07, 6.45) is -1.05. The number of hydrogen-bond donors (Lipinski definition) is 0. The molecule has 2 aromatic carbocycles. The number of allylic oxidation sites excluding steroid dienone is 1. The Labute approximate surface area is 200 Å². The smallest absolute Gasteiger partial charge is 0.426 e. The van der Waals surface area contributed by atoms with Gasteiger partial charge in [0.15, 0.2) is 0 Å². The van der Waals surface area contributed by atoms with Crippen molar-refractivity contribution in [2.75, 3.05) is 0 Å². The molecular weight excluding hydrogens is 534 g/mol. The molecule has 2 aromatic rings. The van der Waals surface area contributed by atoms with Crippen LogP contribution in [0.15, 0.2) is 12.2 Å². The van der Waals surface area contributed by atoms with Crippen LogP contribution in [0.3, 0.4) is 0 Å². The zero-order chi connectivity index (χ0) is 27.6. The first-order chi connectivity index (χ1) is 17.3. The fourth-order valence-corrected chi connectivity index (χ4v) is 3.25. The second-order valence-electron chi connectivity index (χ2n) is 7.51. The Morgan fingerprint density at radius 1 is 0.595 bits per heavy atom. The highest BCUT2D eigenvalue weighted by Crippen LogP contribution is 2.32.